The second kappa shape index (κ2) is 5.00. The number of halogens is 1. The van der Waals surface area contributed by atoms with E-state index in [0.29, 0.717) is 15.1 Å². The van der Waals surface area contributed by atoms with E-state index in [1.165, 1.54) is 0 Å². The summed E-state index contributed by atoms with van der Waals surface area (Å²) >= 11 is 0. The zero-order chi connectivity index (χ0) is 16.9. The lowest BCUT2D eigenvalue weighted by Crippen LogP contribution is -2.13. The van der Waals surface area contributed by atoms with E-state index < -0.39 is 21.5 Å². The van der Waals surface area contributed by atoms with Crippen LogP contribution in [0.4, 0.5) is 4.39 Å². The van der Waals surface area contributed by atoms with E-state index in [9.17, 15) is 17.6 Å². The Labute approximate surface area is 134 Å². The minimum atomic E-state index is -4.04. The molecule has 0 spiro atoms. The number of rotatable bonds is 2. The summed E-state index contributed by atoms with van der Waals surface area (Å²) in [6, 6.07) is 11.1. The standard InChI is InChI=1S/C16H9FN2O4S/c17-10-5-7-11(8-6-10)24(21,22)19-9-13-15(18-19)12-3-1-2-4-14(12)23-16(13)20/h1-9H. The molecule has 4 aromatic rings. The molecule has 24 heavy (non-hydrogen) atoms. The molecule has 6 nitrogen and oxygen atoms in total. The zero-order valence-corrected chi connectivity index (χ0v) is 12.8. The number of para-hydroxylation sites is 1. The average molecular weight is 344 g/mol. The molecule has 0 radical (unpaired) electrons. The number of fused-ring (bicyclic) bond motifs is 3. The quantitative estimate of drug-likeness (QED) is 0.522. The second-order valence-corrected chi connectivity index (χ2v) is 6.90. The summed E-state index contributed by atoms with van der Waals surface area (Å²) in [5.41, 5.74) is -0.128. The molecule has 0 atom stereocenters. The summed E-state index contributed by atoms with van der Waals surface area (Å²) < 4.78 is 44.1. The molecule has 0 unspecified atom stereocenters. The molecule has 8 heteroatoms. The molecule has 0 aliphatic carbocycles. The first-order valence-corrected chi connectivity index (χ1v) is 8.33. The van der Waals surface area contributed by atoms with Crippen molar-refractivity contribution in [1.82, 2.24) is 9.19 Å². The number of aromatic nitrogens is 2. The Bertz CT molecular complexity index is 1240. The van der Waals surface area contributed by atoms with Crippen molar-refractivity contribution in [2.75, 3.05) is 0 Å². The minimum absolute atomic E-state index is 0.0550. The van der Waals surface area contributed by atoms with Crippen LogP contribution in [-0.4, -0.2) is 17.6 Å². The van der Waals surface area contributed by atoms with Crippen molar-refractivity contribution in [3.05, 3.63) is 71.0 Å². The van der Waals surface area contributed by atoms with Crippen molar-refractivity contribution in [2.24, 2.45) is 0 Å². The Hall–Kier alpha value is -3.00. The minimum Gasteiger partial charge on any atom is -0.422 e. The van der Waals surface area contributed by atoms with Gasteiger partial charge in [-0.3, -0.25) is 0 Å². The molecule has 0 saturated heterocycles. The highest BCUT2D eigenvalue weighted by Crippen LogP contribution is 2.23. The molecule has 0 aliphatic heterocycles. The molecule has 2 heterocycles. The maximum absolute atomic E-state index is 13.0. The van der Waals surface area contributed by atoms with Crippen LogP contribution in [0.3, 0.4) is 0 Å². The Balaban J connectivity index is 2.01. The van der Waals surface area contributed by atoms with Crippen LogP contribution >= 0.6 is 0 Å². The molecular formula is C16H9FN2O4S. The molecule has 0 bridgehead atoms. The van der Waals surface area contributed by atoms with Gasteiger partial charge in [0.05, 0.1) is 11.1 Å². The van der Waals surface area contributed by atoms with Crippen LogP contribution in [0.15, 0.2) is 68.8 Å². The highest BCUT2D eigenvalue weighted by molar-refractivity contribution is 7.89. The predicted molar refractivity (Wildman–Crippen MR) is 84.8 cm³/mol. The number of hydrogen-bond acceptors (Lipinski definition) is 5. The third kappa shape index (κ3) is 2.11. The average Bonchev–Trinajstić information content (AvgIpc) is 3.02. The van der Waals surface area contributed by atoms with Crippen LogP contribution in [0, 0.1) is 5.82 Å². The summed E-state index contributed by atoms with van der Waals surface area (Å²) in [6.45, 7) is 0. The Kier molecular flexibility index (Phi) is 3.04. The van der Waals surface area contributed by atoms with Crippen molar-refractivity contribution >= 4 is 31.9 Å². The van der Waals surface area contributed by atoms with E-state index in [0.717, 1.165) is 30.5 Å². The van der Waals surface area contributed by atoms with Gasteiger partial charge in [-0.15, -0.1) is 0 Å². The van der Waals surface area contributed by atoms with Crippen molar-refractivity contribution in [3.8, 4) is 0 Å². The largest absolute Gasteiger partial charge is 0.422 e. The molecule has 4 rings (SSSR count). The molecule has 2 aromatic heterocycles. The fourth-order valence-corrected chi connectivity index (χ4v) is 3.57. The van der Waals surface area contributed by atoms with Crippen LogP contribution in [-0.2, 0) is 10.0 Å². The first-order valence-electron chi connectivity index (χ1n) is 6.89. The van der Waals surface area contributed by atoms with Gasteiger partial charge in [-0.1, -0.05) is 12.1 Å². The van der Waals surface area contributed by atoms with Gasteiger partial charge >= 0.3 is 5.63 Å². The van der Waals surface area contributed by atoms with E-state index in [2.05, 4.69) is 5.10 Å². The smallest absolute Gasteiger partial charge is 0.347 e. The molecule has 0 N–H and O–H groups in total. The normalized spacial score (nSPS) is 12.0. The predicted octanol–water partition coefficient (Wildman–Crippen LogP) is 2.52. The lowest BCUT2D eigenvalue weighted by atomic mass is 10.2. The number of benzene rings is 2. The van der Waals surface area contributed by atoms with Crippen molar-refractivity contribution < 1.29 is 17.2 Å². The third-order valence-electron chi connectivity index (χ3n) is 3.62. The van der Waals surface area contributed by atoms with Crippen LogP contribution in [0.1, 0.15) is 0 Å². The van der Waals surface area contributed by atoms with E-state index in [4.69, 9.17) is 4.42 Å². The molecule has 120 valence electrons. The van der Waals surface area contributed by atoms with E-state index in [-0.39, 0.29) is 15.8 Å². The lowest BCUT2D eigenvalue weighted by Gasteiger charge is -2.03. The fourth-order valence-electron chi connectivity index (χ4n) is 2.45. The van der Waals surface area contributed by atoms with Gasteiger partial charge in [0, 0.05) is 5.39 Å². The zero-order valence-electron chi connectivity index (χ0n) is 12.0. The first kappa shape index (κ1) is 14.6. The Morgan fingerprint density at radius 2 is 1.71 bits per heavy atom. The highest BCUT2D eigenvalue weighted by atomic mass is 32.2. The summed E-state index contributed by atoms with van der Waals surface area (Å²) in [5.74, 6) is -0.550. The van der Waals surface area contributed by atoms with Crippen molar-refractivity contribution in [3.63, 3.8) is 0 Å². The molecule has 0 amide bonds. The van der Waals surface area contributed by atoms with E-state index in [1.54, 1.807) is 24.3 Å². The van der Waals surface area contributed by atoms with Crippen molar-refractivity contribution in [1.29, 1.82) is 0 Å². The Morgan fingerprint density at radius 1 is 1.00 bits per heavy atom. The van der Waals surface area contributed by atoms with Crippen LogP contribution in [0.25, 0.3) is 21.9 Å². The van der Waals surface area contributed by atoms with Gasteiger partial charge in [0.2, 0.25) is 0 Å². The van der Waals surface area contributed by atoms with Crippen LogP contribution < -0.4 is 5.63 Å². The molecule has 0 saturated carbocycles. The van der Waals surface area contributed by atoms with Crippen LogP contribution in [0.2, 0.25) is 0 Å². The second-order valence-electron chi connectivity index (χ2n) is 5.11. The van der Waals surface area contributed by atoms with Gasteiger partial charge in [0.15, 0.2) is 0 Å². The first-order chi connectivity index (χ1) is 11.5. The van der Waals surface area contributed by atoms with Crippen LogP contribution in [0.5, 0.6) is 0 Å². The summed E-state index contributed by atoms with van der Waals surface area (Å²) in [5, 5.41) is 4.63. The molecular weight excluding hydrogens is 335 g/mol. The maximum atomic E-state index is 13.0. The van der Waals surface area contributed by atoms with Gasteiger partial charge in [0.1, 0.15) is 22.3 Å². The third-order valence-corrected chi connectivity index (χ3v) is 5.16. The number of nitrogens with zero attached hydrogens (tertiary/aromatic N) is 2. The number of hydrogen-bond donors (Lipinski definition) is 0. The summed E-state index contributed by atoms with van der Waals surface area (Å²) in [4.78, 5) is 11.9. The summed E-state index contributed by atoms with van der Waals surface area (Å²) in [6.07, 6.45) is 1.10. The summed E-state index contributed by atoms with van der Waals surface area (Å²) in [7, 11) is -4.04. The maximum Gasteiger partial charge on any atom is 0.347 e. The molecule has 0 aliphatic rings. The van der Waals surface area contributed by atoms with Gasteiger partial charge in [0.25, 0.3) is 10.0 Å². The highest BCUT2D eigenvalue weighted by Gasteiger charge is 2.21. The lowest BCUT2D eigenvalue weighted by molar-refractivity contribution is 0.569. The Morgan fingerprint density at radius 3 is 2.46 bits per heavy atom. The SMILES string of the molecule is O=c1oc2ccccc2c2nn(S(=O)(=O)c3ccc(F)cc3)cc12. The van der Waals surface area contributed by atoms with Gasteiger partial charge < -0.3 is 4.42 Å². The molecule has 0 fully saturated rings. The van der Waals surface area contributed by atoms with E-state index >= 15 is 0 Å². The van der Waals surface area contributed by atoms with E-state index in [1.807, 2.05) is 0 Å². The molecule has 2 aromatic carbocycles. The van der Waals surface area contributed by atoms with Gasteiger partial charge in [-0.2, -0.15) is 17.6 Å². The van der Waals surface area contributed by atoms with Crippen molar-refractivity contribution in [2.45, 2.75) is 4.90 Å². The van der Waals surface area contributed by atoms with Gasteiger partial charge in [-0.05, 0) is 36.4 Å². The topological polar surface area (TPSA) is 82.2 Å². The van der Waals surface area contributed by atoms with Gasteiger partial charge in [-0.25, -0.2) is 9.18 Å². The monoisotopic (exact) mass is 344 g/mol. The fraction of sp³-hybridized carbons (Fsp3) is 0.